The zero-order valence-electron chi connectivity index (χ0n) is 18.8. The summed E-state index contributed by atoms with van der Waals surface area (Å²) in [6, 6.07) is 8.68. The van der Waals surface area contributed by atoms with Gasteiger partial charge in [0.2, 0.25) is 0 Å². The molecule has 4 aromatic rings. The van der Waals surface area contributed by atoms with Gasteiger partial charge in [0.05, 0.1) is 23.9 Å². The van der Waals surface area contributed by atoms with E-state index in [1.165, 1.54) is 30.6 Å². The first-order valence-electron chi connectivity index (χ1n) is 11.2. The number of nitrogens with zero attached hydrogens (tertiary/aromatic N) is 4. The lowest BCUT2D eigenvalue weighted by molar-refractivity contribution is -0.119. The van der Waals surface area contributed by atoms with Crippen molar-refractivity contribution in [1.29, 1.82) is 0 Å². The Morgan fingerprint density at radius 2 is 1.86 bits per heavy atom. The Morgan fingerprint density at radius 1 is 1.14 bits per heavy atom. The van der Waals surface area contributed by atoms with Gasteiger partial charge in [0, 0.05) is 52.8 Å². The standard InChI is InChI=1S/C25H20ClF2N5O3/c26-25(27,28)36-20-5-3-18(4-6-20)32-24(35)16-8-21(17-10-29-13-30-11-17)23-22(9-16)31-14-33(23)12-19(34)7-15-1-2-15/h3-6,8-11,13-15H,1-2,7,12H2,(H,32,35). The van der Waals surface area contributed by atoms with E-state index in [0.717, 1.165) is 12.8 Å². The summed E-state index contributed by atoms with van der Waals surface area (Å²) in [4.78, 5) is 38.2. The fourth-order valence-corrected chi connectivity index (χ4v) is 4.05. The highest BCUT2D eigenvalue weighted by atomic mass is 35.5. The zero-order valence-corrected chi connectivity index (χ0v) is 19.6. The van der Waals surface area contributed by atoms with E-state index in [-0.39, 0.29) is 18.1 Å². The van der Waals surface area contributed by atoms with E-state index >= 15 is 0 Å². The maximum atomic E-state index is 13.1. The molecule has 36 heavy (non-hydrogen) atoms. The SMILES string of the molecule is O=C(CC1CC1)Cn1cnc2cc(C(=O)Nc3ccc(OC(F)(F)Cl)cc3)cc(-c3cncnc3)c21. The molecule has 0 radical (unpaired) electrons. The molecule has 11 heteroatoms. The number of amides is 1. The second kappa shape index (κ2) is 9.62. The van der Waals surface area contributed by atoms with Crippen molar-refractivity contribution in [3.05, 3.63) is 67.0 Å². The second-order valence-corrected chi connectivity index (χ2v) is 9.04. The number of fused-ring (bicyclic) bond motifs is 1. The lowest BCUT2D eigenvalue weighted by atomic mass is 10.0. The minimum Gasteiger partial charge on any atom is -0.420 e. The summed E-state index contributed by atoms with van der Waals surface area (Å²) in [7, 11) is 0. The number of rotatable bonds is 9. The highest BCUT2D eigenvalue weighted by Gasteiger charge is 2.27. The molecule has 1 aliphatic carbocycles. The molecule has 0 unspecified atom stereocenters. The smallest absolute Gasteiger partial charge is 0.420 e. The summed E-state index contributed by atoms with van der Waals surface area (Å²) in [5.74, 6) is 0.0260. The molecule has 1 aliphatic rings. The molecule has 0 aliphatic heterocycles. The number of anilines is 1. The van der Waals surface area contributed by atoms with Gasteiger partial charge in [-0.3, -0.25) is 9.59 Å². The Balaban J connectivity index is 1.44. The number of Topliss-reactive ketones (excluding diaryl/α,β-unsaturated/α-hetero) is 1. The van der Waals surface area contributed by atoms with Gasteiger partial charge in [-0.05, 0) is 55.2 Å². The van der Waals surface area contributed by atoms with Gasteiger partial charge in [-0.1, -0.05) is 0 Å². The predicted octanol–water partition coefficient (Wildman–Crippen LogP) is 5.28. The number of carbonyl (C=O) groups is 2. The Morgan fingerprint density at radius 3 is 2.53 bits per heavy atom. The zero-order chi connectivity index (χ0) is 25.3. The van der Waals surface area contributed by atoms with Crippen molar-refractivity contribution in [2.75, 3.05) is 5.32 Å². The number of ether oxygens (including phenoxy) is 1. The summed E-state index contributed by atoms with van der Waals surface area (Å²) in [5, 5.41) is 2.72. The minimum absolute atomic E-state index is 0.133. The highest BCUT2D eigenvalue weighted by Crippen LogP contribution is 2.34. The molecular formula is C25H20ClF2N5O3. The van der Waals surface area contributed by atoms with Crippen LogP contribution in [0.15, 0.2) is 61.4 Å². The largest absolute Gasteiger partial charge is 0.487 e. The van der Waals surface area contributed by atoms with Crippen LogP contribution in [-0.4, -0.2) is 36.8 Å². The normalized spacial score (nSPS) is 13.5. The molecule has 0 spiro atoms. The van der Waals surface area contributed by atoms with Crippen LogP contribution < -0.4 is 10.1 Å². The molecule has 2 heterocycles. The number of alkyl halides is 3. The number of hydrogen-bond donors (Lipinski definition) is 1. The average molecular weight is 512 g/mol. The van der Waals surface area contributed by atoms with Crippen LogP contribution in [0, 0.1) is 5.92 Å². The van der Waals surface area contributed by atoms with E-state index in [0.29, 0.717) is 45.7 Å². The quantitative estimate of drug-likeness (QED) is 0.307. The van der Waals surface area contributed by atoms with Crippen LogP contribution in [0.2, 0.25) is 0 Å². The molecular weight excluding hydrogens is 492 g/mol. The molecule has 0 atom stereocenters. The van der Waals surface area contributed by atoms with Gasteiger partial charge in [-0.2, -0.15) is 0 Å². The number of carbonyl (C=O) groups excluding carboxylic acids is 2. The van der Waals surface area contributed by atoms with Crippen molar-refractivity contribution < 1.29 is 23.1 Å². The number of nitrogens with one attached hydrogen (secondary N) is 1. The van der Waals surface area contributed by atoms with Crippen molar-refractivity contribution in [2.45, 2.75) is 31.4 Å². The monoisotopic (exact) mass is 511 g/mol. The fraction of sp³-hybridized carbons (Fsp3) is 0.240. The van der Waals surface area contributed by atoms with Gasteiger partial charge in [0.1, 0.15) is 12.1 Å². The van der Waals surface area contributed by atoms with Gasteiger partial charge in [0.15, 0.2) is 5.78 Å². The molecule has 2 aromatic heterocycles. The highest BCUT2D eigenvalue weighted by molar-refractivity contribution is 6.20. The number of hydrogen-bond acceptors (Lipinski definition) is 6. The lowest BCUT2D eigenvalue weighted by Gasteiger charge is -2.12. The third-order valence-electron chi connectivity index (χ3n) is 5.75. The second-order valence-electron chi connectivity index (χ2n) is 8.60. The summed E-state index contributed by atoms with van der Waals surface area (Å²) in [6.45, 7) is 0.189. The molecule has 5 rings (SSSR count). The van der Waals surface area contributed by atoms with Crippen LogP contribution in [-0.2, 0) is 11.3 Å². The number of ketones is 1. The molecule has 0 saturated heterocycles. The topological polar surface area (TPSA) is 99.0 Å². The summed E-state index contributed by atoms with van der Waals surface area (Å²) >= 11 is 4.78. The number of halogens is 3. The van der Waals surface area contributed by atoms with Crippen molar-refractivity contribution in [3.63, 3.8) is 0 Å². The van der Waals surface area contributed by atoms with E-state index < -0.39 is 11.5 Å². The van der Waals surface area contributed by atoms with Crippen LogP contribution in [0.4, 0.5) is 14.5 Å². The van der Waals surface area contributed by atoms with E-state index in [1.54, 1.807) is 35.4 Å². The third kappa shape index (κ3) is 5.65. The van der Waals surface area contributed by atoms with E-state index in [4.69, 9.17) is 11.6 Å². The summed E-state index contributed by atoms with van der Waals surface area (Å²) in [5.41, 5.74) is -0.596. The maximum Gasteiger partial charge on any atom is 0.487 e. The van der Waals surface area contributed by atoms with Gasteiger partial charge >= 0.3 is 5.57 Å². The van der Waals surface area contributed by atoms with Crippen LogP contribution in [0.25, 0.3) is 22.2 Å². The molecule has 1 N–H and O–H groups in total. The number of imidazole rings is 1. The van der Waals surface area contributed by atoms with Crippen LogP contribution in [0.1, 0.15) is 29.6 Å². The van der Waals surface area contributed by atoms with Crippen LogP contribution in [0.3, 0.4) is 0 Å². The van der Waals surface area contributed by atoms with Crippen LogP contribution >= 0.6 is 11.6 Å². The maximum absolute atomic E-state index is 13.1. The first-order chi connectivity index (χ1) is 17.2. The van der Waals surface area contributed by atoms with Crippen molar-refractivity contribution in [3.8, 4) is 16.9 Å². The molecule has 8 nitrogen and oxygen atoms in total. The Hall–Kier alpha value is -3.92. The van der Waals surface area contributed by atoms with Gasteiger partial charge in [-0.25, -0.2) is 15.0 Å². The van der Waals surface area contributed by atoms with E-state index in [9.17, 15) is 18.4 Å². The first kappa shape index (κ1) is 23.8. The van der Waals surface area contributed by atoms with Crippen molar-refractivity contribution in [2.24, 2.45) is 5.92 Å². The lowest BCUT2D eigenvalue weighted by Crippen LogP contribution is -2.16. The summed E-state index contributed by atoms with van der Waals surface area (Å²) < 4.78 is 31.7. The average Bonchev–Trinajstić information content (AvgIpc) is 3.57. The molecule has 1 amide bonds. The fourth-order valence-electron chi connectivity index (χ4n) is 3.96. The van der Waals surface area contributed by atoms with Gasteiger partial charge in [-0.15, -0.1) is 8.78 Å². The number of aromatic nitrogens is 4. The molecule has 0 bridgehead atoms. The van der Waals surface area contributed by atoms with Crippen molar-refractivity contribution >= 4 is 40.0 Å². The molecule has 2 aromatic carbocycles. The Bertz CT molecular complexity index is 1420. The Labute approximate surface area is 209 Å². The van der Waals surface area contributed by atoms with Gasteiger partial charge < -0.3 is 14.6 Å². The third-order valence-corrected chi connectivity index (χ3v) is 5.83. The Kier molecular flexibility index (Phi) is 6.36. The van der Waals surface area contributed by atoms with Gasteiger partial charge in [0.25, 0.3) is 5.91 Å². The molecule has 1 fully saturated rings. The minimum atomic E-state index is -3.83. The number of benzene rings is 2. The molecule has 184 valence electrons. The predicted molar refractivity (Wildman–Crippen MR) is 129 cm³/mol. The van der Waals surface area contributed by atoms with E-state index in [1.807, 2.05) is 0 Å². The molecule has 1 saturated carbocycles. The summed E-state index contributed by atoms with van der Waals surface area (Å²) in [6.07, 6.45) is 8.98. The van der Waals surface area contributed by atoms with Crippen molar-refractivity contribution in [1.82, 2.24) is 19.5 Å². The first-order valence-corrected chi connectivity index (χ1v) is 11.6. The van der Waals surface area contributed by atoms with Crippen LogP contribution in [0.5, 0.6) is 5.75 Å². The van der Waals surface area contributed by atoms with E-state index in [2.05, 4.69) is 25.0 Å².